The molecule has 0 saturated heterocycles. The lowest BCUT2D eigenvalue weighted by Crippen LogP contribution is -2.32. The van der Waals surface area contributed by atoms with E-state index in [2.05, 4.69) is 20.8 Å². The van der Waals surface area contributed by atoms with E-state index in [1.807, 2.05) is 24.3 Å². The number of aromatic nitrogens is 2. The van der Waals surface area contributed by atoms with E-state index in [9.17, 15) is 18.0 Å². The van der Waals surface area contributed by atoms with Gasteiger partial charge in [-0.1, -0.05) is 11.6 Å². The SMILES string of the molecule is COc1ccc(-c2ccc(OCCNC(=O)Nc3cc(C(F)(F)F)ccc3Cl)nn2)cc1. The quantitative estimate of drug-likeness (QED) is 0.477. The van der Waals surface area contributed by atoms with Gasteiger partial charge in [-0.2, -0.15) is 13.2 Å². The first-order valence-electron chi connectivity index (χ1n) is 9.29. The highest BCUT2D eigenvalue weighted by molar-refractivity contribution is 6.33. The van der Waals surface area contributed by atoms with Crippen molar-refractivity contribution in [3.63, 3.8) is 0 Å². The van der Waals surface area contributed by atoms with E-state index in [4.69, 9.17) is 21.1 Å². The van der Waals surface area contributed by atoms with Crippen LogP contribution in [0.4, 0.5) is 23.7 Å². The molecule has 168 valence electrons. The van der Waals surface area contributed by atoms with Crippen LogP contribution in [0.25, 0.3) is 11.3 Å². The van der Waals surface area contributed by atoms with Crippen molar-refractivity contribution in [2.24, 2.45) is 0 Å². The summed E-state index contributed by atoms with van der Waals surface area (Å²) in [6.45, 7) is 0.143. The number of amides is 2. The van der Waals surface area contributed by atoms with Crippen molar-refractivity contribution in [3.05, 3.63) is 65.2 Å². The Morgan fingerprint density at radius 2 is 1.81 bits per heavy atom. The molecule has 0 radical (unpaired) electrons. The topological polar surface area (TPSA) is 85.4 Å². The van der Waals surface area contributed by atoms with Crippen LogP contribution in [0.5, 0.6) is 11.6 Å². The van der Waals surface area contributed by atoms with Crippen molar-refractivity contribution in [1.82, 2.24) is 15.5 Å². The van der Waals surface area contributed by atoms with E-state index in [0.717, 1.165) is 29.5 Å². The Morgan fingerprint density at radius 3 is 2.44 bits per heavy atom. The van der Waals surface area contributed by atoms with Crippen molar-refractivity contribution < 1.29 is 27.4 Å². The predicted octanol–water partition coefficient (Wildman–Crippen LogP) is 5.02. The Balaban J connectivity index is 1.46. The molecule has 0 fully saturated rings. The minimum Gasteiger partial charge on any atom is -0.497 e. The van der Waals surface area contributed by atoms with E-state index < -0.39 is 17.8 Å². The van der Waals surface area contributed by atoms with Crippen molar-refractivity contribution in [3.8, 4) is 22.9 Å². The van der Waals surface area contributed by atoms with Gasteiger partial charge in [-0.3, -0.25) is 0 Å². The molecule has 0 aliphatic heterocycles. The molecule has 2 aromatic carbocycles. The average Bonchev–Trinajstić information content (AvgIpc) is 2.78. The zero-order chi connectivity index (χ0) is 23.1. The maximum Gasteiger partial charge on any atom is 0.416 e. The number of ether oxygens (including phenoxy) is 2. The van der Waals surface area contributed by atoms with Crippen LogP contribution in [0.2, 0.25) is 5.02 Å². The molecule has 3 rings (SSSR count). The molecular formula is C21H18ClF3N4O3. The molecule has 2 N–H and O–H groups in total. The molecule has 7 nitrogen and oxygen atoms in total. The lowest BCUT2D eigenvalue weighted by atomic mass is 10.1. The highest BCUT2D eigenvalue weighted by Crippen LogP contribution is 2.33. The first-order valence-corrected chi connectivity index (χ1v) is 9.66. The molecule has 0 aliphatic rings. The minimum atomic E-state index is -4.55. The van der Waals surface area contributed by atoms with Crippen molar-refractivity contribution >= 4 is 23.3 Å². The number of methoxy groups -OCH3 is 1. The highest BCUT2D eigenvalue weighted by atomic mass is 35.5. The van der Waals surface area contributed by atoms with Crippen LogP contribution in [-0.4, -0.2) is 36.5 Å². The van der Waals surface area contributed by atoms with E-state index in [1.54, 1.807) is 19.2 Å². The summed E-state index contributed by atoms with van der Waals surface area (Å²) in [5.41, 5.74) is 0.434. The van der Waals surface area contributed by atoms with Gasteiger partial charge in [0.05, 0.1) is 35.6 Å². The Labute approximate surface area is 186 Å². The lowest BCUT2D eigenvalue weighted by molar-refractivity contribution is -0.137. The molecule has 0 unspecified atom stereocenters. The number of hydrogen-bond donors (Lipinski definition) is 2. The number of nitrogens with one attached hydrogen (secondary N) is 2. The third-order valence-corrected chi connectivity index (χ3v) is 4.53. The summed E-state index contributed by atoms with van der Waals surface area (Å²) in [5.74, 6) is 0.985. The summed E-state index contributed by atoms with van der Waals surface area (Å²) in [4.78, 5) is 11.9. The third-order valence-electron chi connectivity index (χ3n) is 4.21. The number of anilines is 1. The Hall–Kier alpha value is -3.53. The van der Waals surface area contributed by atoms with Gasteiger partial charge in [-0.05, 0) is 48.5 Å². The fraction of sp³-hybridized carbons (Fsp3) is 0.190. The van der Waals surface area contributed by atoms with Crippen LogP contribution in [0.1, 0.15) is 5.56 Å². The van der Waals surface area contributed by atoms with Crippen LogP contribution in [0, 0.1) is 0 Å². The predicted molar refractivity (Wildman–Crippen MR) is 113 cm³/mol. The fourth-order valence-electron chi connectivity index (χ4n) is 2.60. The van der Waals surface area contributed by atoms with Gasteiger partial charge in [0.2, 0.25) is 5.88 Å². The number of carbonyl (C=O) groups is 1. The van der Waals surface area contributed by atoms with Crippen LogP contribution in [0.3, 0.4) is 0 Å². The maximum atomic E-state index is 12.8. The molecule has 0 saturated carbocycles. The second-order valence-corrected chi connectivity index (χ2v) is 6.81. The number of alkyl halides is 3. The number of nitrogens with zero attached hydrogens (tertiary/aromatic N) is 2. The summed E-state index contributed by atoms with van der Waals surface area (Å²) >= 11 is 5.85. The monoisotopic (exact) mass is 466 g/mol. The Morgan fingerprint density at radius 1 is 1.06 bits per heavy atom. The molecule has 0 atom stereocenters. The minimum absolute atomic E-state index is 0.0170. The van der Waals surface area contributed by atoms with E-state index in [0.29, 0.717) is 5.69 Å². The summed E-state index contributed by atoms with van der Waals surface area (Å²) in [5, 5.41) is 12.8. The second kappa shape index (κ2) is 10.2. The molecule has 2 amide bonds. The highest BCUT2D eigenvalue weighted by Gasteiger charge is 2.31. The number of urea groups is 1. The van der Waals surface area contributed by atoms with Gasteiger partial charge in [0.15, 0.2) is 0 Å². The second-order valence-electron chi connectivity index (χ2n) is 6.41. The number of halogens is 4. The number of carbonyl (C=O) groups excluding carboxylic acids is 1. The molecule has 0 aliphatic carbocycles. The standard InChI is InChI=1S/C21H18ClF3N4O3/c1-31-15-5-2-13(3-6-15)17-8-9-19(29-28-17)32-11-10-26-20(30)27-18-12-14(21(23,24)25)4-7-16(18)22/h2-9,12H,10-11H2,1H3,(H2,26,27,30). The molecule has 0 spiro atoms. The molecule has 11 heteroatoms. The zero-order valence-corrected chi connectivity index (χ0v) is 17.5. The van der Waals surface area contributed by atoms with Crippen LogP contribution >= 0.6 is 11.6 Å². The first-order chi connectivity index (χ1) is 15.3. The van der Waals surface area contributed by atoms with E-state index in [-0.39, 0.29) is 29.7 Å². The van der Waals surface area contributed by atoms with Gasteiger partial charge in [0.1, 0.15) is 12.4 Å². The lowest BCUT2D eigenvalue weighted by Gasteiger charge is -2.12. The molecule has 1 aromatic heterocycles. The average molecular weight is 467 g/mol. The fourth-order valence-corrected chi connectivity index (χ4v) is 2.76. The molecular weight excluding hydrogens is 449 g/mol. The summed E-state index contributed by atoms with van der Waals surface area (Å²) in [6, 6.07) is 12.6. The van der Waals surface area contributed by atoms with Crippen molar-refractivity contribution in [1.29, 1.82) is 0 Å². The molecule has 32 heavy (non-hydrogen) atoms. The van der Waals surface area contributed by atoms with Crippen molar-refractivity contribution in [2.75, 3.05) is 25.6 Å². The maximum absolute atomic E-state index is 12.8. The zero-order valence-electron chi connectivity index (χ0n) is 16.7. The first kappa shape index (κ1) is 23.1. The van der Waals surface area contributed by atoms with Crippen LogP contribution < -0.4 is 20.1 Å². The Bertz CT molecular complexity index is 1060. The van der Waals surface area contributed by atoms with Gasteiger partial charge in [-0.15, -0.1) is 10.2 Å². The summed E-state index contributed by atoms with van der Waals surface area (Å²) in [7, 11) is 1.58. The van der Waals surface area contributed by atoms with Crippen LogP contribution in [0.15, 0.2) is 54.6 Å². The van der Waals surface area contributed by atoms with Crippen molar-refractivity contribution in [2.45, 2.75) is 6.18 Å². The van der Waals surface area contributed by atoms with Gasteiger partial charge in [0, 0.05) is 11.6 Å². The molecule has 0 bridgehead atoms. The number of rotatable bonds is 7. The van der Waals surface area contributed by atoms with Gasteiger partial charge < -0.3 is 20.1 Å². The van der Waals surface area contributed by atoms with Gasteiger partial charge in [0.25, 0.3) is 0 Å². The molecule has 1 heterocycles. The normalized spacial score (nSPS) is 11.0. The number of benzene rings is 2. The number of hydrogen-bond acceptors (Lipinski definition) is 5. The molecule has 3 aromatic rings. The third kappa shape index (κ3) is 6.24. The Kier molecular flexibility index (Phi) is 7.37. The smallest absolute Gasteiger partial charge is 0.416 e. The largest absolute Gasteiger partial charge is 0.497 e. The van der Waals surface area contributed by atoms with E-state index >= 15 is 0 Å². The summed E-state index contributed by atoms with van der Waals surface area (Å²) < 4.78 is 48.9. The van der Waals surface area contributed by atoms with Gasteiger partial charge >= 0.3 is 12.2 Å². The van der Waals surface area contributed by atoms with E-state index in [1.165, 1.54) is 0 Å². The summed E-state index contributed by atoms with van der Waals surface area (Å²) in [6.07, 6.45) is -4.55. The van der Waals surface area contributed by atoms with Crippen LogP contribution in [-0.2, 0) is 6.18 Å². The van der Waals surface area contributed by atoms with Gasteiger partial charge in [-0.25, -0.2) is 4.79 Å².